The predicted octanol–water partition coefficient (Wildman–Crippen LogP) is -2.12. The van der Waals surface area contributed by atoms with Gasteiger partial charge >= 0.3 is 11.8 Å². The Morgan fingerprint density at radius 1 is 0.727 bits per heavy atom. The summed E-state index contributed by atoms with van der Waals surface area (Å²) in [5, 5.41) is 5.30. The third-order valence-electron chi connectivity index (χ3n) is 3.84. The minimum atomic E-state index is -0.560. The fourth-order valence-corrected chi connectivity index (χ4v) is 2.47. The molecule has 2 heterocycles. The third-order valence-corrected chi connectivity index (χ3v) is 3.84. The number of morpholine rings is 2. The Kier molecular flexibility index (Phi) is 7.58. The molecule has 0 unspecified atom stereocenters. The molecular formula is C14H26N4O4. The number of carbonyl (C=O) groups excluding carboxylic acids is 2. The lowest BCUT2D eigenvalue weighted by molar-refractivity contribution is -0.139. The number of rotatable bonds is 6. The van der Waals surface area contributed by atoms with Gasteiger partial charge in [-0.25, -0.2) is 0 Å². The average Bonchev–Trinajstić information content (AvgIpc) is 2.56. The zero-order valence-corrected chi connectivity index (χ0v) is 13.0. The summed E-state index contributed by atoms with van der Waals surface area (Å²) in [7, 11) is 0. The van der Waals surface area contributed by atoms with Gasteiger partial charge in [0.25, 0.3) is 0 Å². The van der Waals surface area contributed by atoms with E-state index in [1.54, 1.807) is 0 Å². The van der Waals surface area contributed by atoms with Crippen LogP contribution in [0.3, 0.4) is 0 Å². The second-order valence-electron chi connectivity index (χ2n) is 5.42. The van der Waals surface area contributed by atoms with Gasteiger partial charge < -0.3 is 20.1 Å². The number of hydrogen-bond donors (Lipinski definition) is 2. The van der Waals surface area contributed by atoms with Crippen LogP contribution in [0.25, 0.3) is 0 Å². The number of nitrogens with zero attached hydrogens (tertiary/aromatic N) is 2. The molecule has 0 aromatic rings. The average molecular weight is 314 g/mol. The molecule has 0 aromatic carbocycles. The molecule has 8 nitrogen and oxygen atoms in total. The molecule has 2 rings (SSSR count). The molecule has 2 aliphatic heterocycles. The molecule has 0 bridgehead atoms. The van der Waals surface area contributed by atoms with Gasteiger partial charge in [-0.2, -0.15) is 0 Å². The highest BCUT2D eigenvalue weighted by Gasteiger charge is 2.15. The molecule has 0 spiro atoms. The topological polar surface area (TPSA) is 83.1 Å². The van der Waals surface area contributed by atoms with Gasteiger partial charge in [0.2, 0.25) is 0 Å². The second-order valence-corrected chi connectivity index (χ2v) is 5.42. The smallest absolute Gasteiger partial charge is 0.309 e. The number of ether oxygens (including phenoxy) is 2. The van der Waals surface area contributed by atoms with Crippen molar-refractivity contribution < 1.29 is 19.1 Å². The summed E-state index contributed by atoms with van der Waals surface area (Å²) in [5.74, 6) is -1.12. The lowest BCUT2D eigenvalue weighted by atomic mass is 10.4. The fourth-order valence-electron chi connectivity index (χ4n) is 2.47. The monoisotopic (exact) mass is 314 g/mol. The first-order valence-corrected chi connectivity index (χ1v) is 7.92. The van der Waals surface area contributed by atoms with E-state index < -0.39 is 11.8 Å². The molecule has 0 atom stereocenters. The van der Waals surface area contributed by atoms with Crippen LogP contribution in [-0.2, 0) is 19.1 Å². The van der Waals surface area contributed by atoms with Crippen molar-refractivity contribution in [2.24, 2.45) is 0 Å². The zero-order chi connectivity index (χ0) is 15.6. The summed E-state index contributed by atoms with van der Waals surface area (Å²) in [6, 6.07) is 0. The molecule has 2 amide bonds. The van der Waals surface area contributed by atoms with E-state index in [1.165, 1.54) is 0 Å². The van der Waals surface area contributed by atoms with Crippen molar-refractivity contribution in [3.8, 4) is 0 Å². The number of hydrogen-bond acceptors (Lipinski definition) is 6. The van der Waals surface area contributed by atoms with Gasteiger partial charge in [0.1, 0.15) is 0 Å². The second kappa shape index (κ2) is 9.73. The molecule has 0 saturated carbocycles. The summed E-state index contributed by atoms with van der Waals surface area (Å²) >= 11 is 0. The van der Waals surface area contributed by atoms with E-state index in [2.05, 4.69) is 20.4 Å². The Morgan fingerprint density at radius 2 is 1.09 bits per heavy atom. The first kappa shape index (κ1) is 17.1. The van der Waals surface area contributed by atoms with E-state index in [-0.39, 0.29) is 0 Å². The minimum absolute atomic E-state index is 0.482. The highest BCUT2D eigenvalue weighted by atomic mass is 16.5. The van der Waals surface area contributed by atoms with Crippen molar-refractivity contribution in [1.29, 1.82) is 0 Å². The predicted molar refractivity (Wildman–Crippen MR) is 80.5 cm³/mol. The first-order chi connectivity index (χ1) is 10.8. The van der Waals surface area contributed by atoms with E-state index >= 15 is 0 Å². The van der Waals surface area contributed by atoms with E-state index in [0.717, 1.165) is 65.7 Å². The van der Waals surface area contributed by atoms with E-state index in [4.69, 9.17) is 9.47 Å². The Bertz CT molecular complexity index is 321. The van der Waals surface area contributed by atoms with Gasteiger partial charge in [-0.05, 0) is 0 Å². The largest absolute Gasteiger partial charge is 0.379 e. The van der Waals surface area contributed by atoms with Gasteiger partial charge in [0.15, 0.2) is 0 Å². The summed E-state index contributed by atoms with van der Waals surface area (Å²) < 4.78 is 10.5. The fraction of sp³-hybridized carbons (Fsp3) is 0.857. The number of nitrogens with one attached hydrogen (secondary N) is 2. The Labute approximate surface area is 131 Å². The number of carbonyl (C=O) groups is 2. The summed E-state index contributed by atoms with van der Waals surface area (Å²) in [6.07, 6.45) is 0. The Balaban J connectivity index is 1.51. The molecule has 2 saturated heterocycles. The van der Waals surface area contributed by atoms with Crippen molar-refractivity contribution in [2.75, 3.05) is 78.8 Å². The van der Waals surface area contributed by atoms with Gasteiger partial charge in [0.05, 0.1) is 26.4 Å². The molecule has 2 fully saturated rings. The van der Waals surface area contributed by atoms with Crippen LogP contribution in [0.4, 0.5) is 0 Å². The lowest BCUT2D eigenvalue weighted by Gasteiger charge is -2.26. The van der Waals surface area contributed by atoms with Crippen molar-refractivity contribution in [2.45, 2.75) is 0 Å². The van der Waals surface area contributed by atoms with Gasteiger partial charge in [0, 0.05) is 52.4 Å². The van der Waals surface area contributed by atoms with Crippen molar-refractivity contribution in [3.63, 3.8) is 0 Å². The maximum atomic E-state index is 11.7. The highest BCUT2D eigenvalue weighted by molar-refractivity contribution is 6.35. The maximum Gasteiger partial charge on any atom is 0.309 e. The lowest BCUT2D eigenvalue weighted by Crippen LogP contribution is -2.47. The number of amides is 2. The Hall–Kier alpha value is -1.22. The van der Waals surface area contributed by atoms with Crippen LogP contribution < -0.4 is 10.6 Å². The van der Waals surface area contributed by atoms with Crippen LogP contribution in [-0.4, -0.2) is 100 Å². The standard InChI is InChI=1S/C14H26N4O4/c19-13(15-1-3-17-5-9-21-10-6-17)14(20)16-2-4-18-7-11-22-12-8-18/h1-12H2,(H,15,19)(H,16,20). The summed E-state index contributed by atoms with van der Waals surface area (Å²) in [6.45, 7) is 8.89. The molecule has 2 N–H and O–H groups in total. The normalized spacial score (nSPS) is 20.5. The summed E-state index contributed by atoms with van der Waals surface area (Å²) in [4.78, 5) is 27.8. The molecule has 126 valence electrons. The first-order valence-electron chi connectivity index (χ1n) is 7.92. The highest BCUT2D eigenvalue weighted by Crippen LogP contribution is 1.95. The van der Waals surface area contributed by atoms with Crippen LogP contribution in [0.15, 0.2) is 0 Å². The molecule has 0 aliphatic carbocycles. The van der Waals surface area contributed by atoms with Crippen molar-refractivity contribution in [1.82, 2.24) is 20.4 Å². The van der Waals surface area contributed by atoms with Gasteiger partial charge in [-0.1, -0.05) is 0 Å². The minimum Gasteiger partial charge on any atom is -0.379 e. The van der Waals surface area contributed by atoms with Crippen LogP contribution in [0.1, 0.15) is 0 Å². The van der Waals surface area contributed by atoms with Gasteiger partial charge in [-0.15, -0.1) is 0 Å². The molecule has 8 heteroatoms. The van der Waals surface area contributed by atoms with Gasteiger partial charge in [-0.3, -0.25) is 19.4 Å². The van der Waals surface area contributed by atoms with Crippen LogP contribution >= 0.6 is 0 Å². The molecule has 22 heavy (non-hydrogen) atoms. The molecule has 0 aromatic heterocycles. The Morgan fingerprint density at radius 3 is 1.45 bits per heavy atom. The van der Waals surface area contributed by atoms with Crippen molar-refractivity contribution in [3.05, 3.63) is 0 Å². The SMILES string of the molecule is O=C(NCCN1CCOCC1)C(=O)NCCN1CCOCC1. The van der Waals surface area contributed by atoms with E-state index in [9.17, 15) is 9.59 Å². The molecule has 0 radical (unpaired) electrons. The van der Waals surface area contributed by atoms with E-state index in [1.807, 2.05) is 0 Å². The molecular weight excluding hydrogens is 288 g/mol. The quantitative estimate of drug-likeness (QED) is 0.546. The zero-order valence-electron chi connectivity index (χ0n) is 13.0. The van der Waals surface area contributed by atoms with Crippen molar-refractivity contribution >= 4 is 11.8 Å². The van der Waals surface area contributed by atoms with E-state index in [0.29, 0.717) is 13.1 Å². The maximum absolute atomic E-state index is 11.7. The van der Waals surface area contributed by atoms with Crippen LogP contribution in [0.2, 0.25) is 0 Å². The van der Waals surface area contributed by atoms with Crippen LogP contribution in [0, 0.1) is 0 Å². The molecule has 2 aliphatic rings. The summed E-state index contributed by atoms with van der Waals surface area (Å²) in [5.41, 5.74) is 0. The third kappa shape index (κ3) is 6.27. The van der Waals surface area contributed by atoms with Crippen LogP contribution in [0.5, 0.6) is 0 Å².